The molecule has 0 aliphatic heterocycles. The van der Waals surface area contributed by atoms with Crippen LogP contribution in [-0.2, 0) is 17.8 Å². The molecule has 0 amide bonds. The first-order valence-electron chi connectivity index (χ1n) is 8.93. The molecule has 0 radical (unpaired) electrons. The van der Waals surface area contributed by atoms with E-state index in [2.05, 4.69) is 15.2 Å². The molecule has 0 aliphatic rings. The molecule has 28 heavy (non-hydrogen) atoms. The van der Waals surface area contributed by atoms with Gasteiger partial charge in [0.1, 0.15) is 18.2 Å². The second-order valence-electron chi connectivity index (χ2n) is 6.06. The topological polar surface area (TPSA) is 90.9 Å². The van der Waals surface area contributed by atoms with Gasteiger partial charge in [0.05, 0.1) is 5.97 Å². The van der Waals surface area contributed by atoms with Crippen LogP contribution in [0.5, 0.6) is 5.75 Å². The standard InChI is InChI=1S/C21H21N3O3S/c1-2-6-19-22-21(24-23-19)28-18(20(25)26)13-15-9-11-17(12-10-15)27-14-16-7-4-3-5-8-16/h3-5,7-13H,2,6,14H2,1H3,(H,25,26)(H,22,23,24)/p-1/b18-13-. The number of aryl methyl sites for hydroxylation is 1. The van der Waals surface area contributed by atoms with E-state index in [-0.39, 0.29) is 4.91 Å². The number of rotatable bonds is 9. The number of carbonyl (C=O) groups is 1. The van der Waals surface area contributed by atoms with Crippen LogP contribution in [-0.4, -0.2) is 21.2 Å². The van der Waals surface area contributed by atoms with E-state index in [4.69, 9.17) is 4.74 Å². The van der Waals surface area contributed by atoms with Crippen LogP contribution in [0.15, 0.2) is 64.7 Å². The van der Waals surface area contributed by atoms with Gasteiger partial charge in [-0.1, -0.05) is 49.4 Å². The third-order valence-corrected chi connectivity index (χ3v) is 4.70. The Morgan fingerprint density at radius 2 is 1.93 bits per heavy atom. The Labute approximate surface area is 167 Å². The molecule has 0 atom stereocenters. The predicted molar refractivity (Wildman–Crippen MR) is 106 cm³/mol. The predicted octanol–water partition coefficient (Wildman–Crippen LogP) is 3.22. The van der Waals surface area contributed by atoms with Gasteiger partial charge < -0.3 is 14.6 Å². The number of thioether (sulfide) groups is 1. The third kappa shape index (κ3) is 5.72. The quantitative estimate of drug-likeness (QED) is 0.443. The minimum atomic E-state index is -1.27. The first-order chi connectivity index (χ1) is 13.6. The van der Waals surface area contributed by atoms with E-state index in [9.17, 15) is 9.90 Å². The van der Waals surface area contributed by atoms with Crippen molar-refractivity contribution < 1.29 is 14.6 Å². The van der Waals surface area contributed by atoms with Crippen molar-refractivity contribution in [3.8, 4) is 5.75 Å². The second kappa shape index (κ2) is 9.75. The highest BCUT2D eigenvalue weighted by molar-refractivity contribution is 8.04. The molecule has 1 aromatic heterocycles. The number of nitrogens with one attached hydrogen (secondary N) is 1. The maximum Gasteiger partial charge on any atom is 0.213 e. The van der Waals surface area contributed by atoms with E-state index >= 15 is 0 Å². The first-order valence-corrected chi connectivity index (χ1v) is 9.74. The molecule has 0 fully saturated rings. The number of aromatic nitrogens is 3. The van der Waals surface area contributed by atoms with E-state index in [1.165, 1.54) is 6.08 Å². The summed E-state index contributed by atoms with van der Waals surface area (Å²) in [7, 11) is 0. The van der Waals surface area contributed by atoms with E-state index in [0.29, 0.717) is 17.5 Å². The second-order valence-corrected chi connectivity index (χ2v) is 7.07. The van der Waals surface area contributed by atoms with Gasteiger partial charge in [0.2, 0.25) is 5.16 Å². The summed E-state index contributed by atoms with van der Waals surface area (Å²) >= 11 is 0.964. The molecule has 0 saturated heterocycles. The molecule has 3 aromatic rings. The van der Waals surface area contributed by atoms with Crippen molar-refractivity contribution in [1.29, 1.82) is 0 Å². The number of aromatic amines is 1. The van der Waals surface area contributed by atoms with Crippen LogP contribution in [0.25, 0.3) is 6.08 Å². The maximum absolute atomic E-state index is 11.5. The molecule has 1 heterocycles. The third-order valence-electron chi connectivity index (χ3n) is 3.83. The monoisotopic (exact) mass is 394 g/mol. The number of hydrogen-bond acceptors (Lipinski definition) is 6. The van der Waals surface area contributed by atoms with Gasteiger partial charge in [0, 0.05) is 11.3 Å². The average molecular weight is 394 g/mol. The van der Waals surface area contributed by atoms with Crippen LogP contribution in [0.4, 0.5) is 0 Å². The lowest BCUT2D eigenvalue weighted by Gasteiger charge is -2.08. The van der Waals surface area contributed by atoms with Gasteiger partial charge in [0.25, 0.3) is 0 Å². The molecule has 1 N–H and O–H groups in total. The molecule has 7 heteroatoms. The van der Waals surface area contributed by atoms with Gasteiger partial charge >= 0.3 is 0 Å². The summed E-state index contributed by atoms with van der Waals surface area (Å²) < 4.78 is 5.74. The van der Waals surface area contributed by atoms with Crippen LogP contribution in [0.2, 0.25) is 0 Å². The summed E-state index contributed by atoms with van der Waals surface area (Å²) in [6, 6.07) is 17.1. The van der Waals surface area contributed by atoms with Crippen molar-refractivity contribution in [1.82, 2.24) is 15.2 Å². The smallest absolute Gasteiger partial charge is 0.213 e. The fraction of sp³-hybridized carbons (Fsp3) is 0.190. The number of benzene rings is 2. The summed E-state index contributed by atoms with van der Waals surface area (Å²) in [6.07, 6.45) is 3.24. The Morgan fingerprint density at radius 1 is 1.18 bits per heavy atom. The Bertz CT molecular complexity index is 937. The highest BCUT2D eigenvalue weighted by Gasteiger charge is 2.08. The minimum absolute atomic E-state index is 0.0417. The van der Waals surface area contributed by atoms with E-state index in [1.807, 2.05) is 37.3 Å². The van der Waals surface area contributed by atoms with Gasteiger partial charge in [-0.25, -0.2) is 4.98 Å². The highest BCUT2D eigenvalue weighted by atomic mass is 32.2. The Balaban J connectivity index is 1.65. The highest BCUT2D eigenvalue weighted by Crippen LogP contribution is 2.26. The lowest BCUT2D eigenvalue weighted by molar-refractivity contribution is -0.297. The molecule has 0 unspecified atom stereocenters. The van der Waals surface area contributed by atoms with Crippen LogP contribution < -0.4 is 9.84 Å². The molecule has 144 valence electrons. The number of carboxylic acid groups (broad SMARTS) is 1. The molecule has 0 aliphatic carbocycles. The number of nitrogens with zero attached hydrogens (tertiary/aromatic N) is 2. The summed E-state index contributed by atoms with van der Waals surface area (Å²) in [5, 5.41) is 18.7. The molecule has 3 rings (SSSR count). The lowest BCUT2D eigenvalue weighted by atomic mass is 10.2. The van der Waals surface area contributed by atoms with Gasteiger partial charge in [0.15, 0.2) is 0 Å². The van der Waals surface area contributed by atoms with Crippen molar-refractivity contribution in [2.45, 2.75) is 31.5 Å². The average Bonchev–Trinajstić information content (AvgIpc) is 3.15. The summed E-state index contributed by atoms with van der Waals surface area (Å²) in [5.41, 5.74) is 1.80. The van der Waals surface area contributed by atoms with Crippen LogP contribution in [0.3, 0.4) is 0 Å². The number of hydrogen-bond donors (Lipinski definition) is 1. The fourth-order valence-corrected chi connectivity index (χ4v) is 3.18. The zero-order valence-electron chi connectivity index (χ0n) is 15.4. The van der Waals surface area contributed by atoms with Crippen molar-refractivity contribution in [3.63, 3.8) is 0 Å². The molecular formula is C21H20N3O3S-. The minimum Gasteiger partial charge on any atom is -0.544 e. The molecule has 6 nitrogen and oxygen atoms in total. The number of carboxylic acids is 1. The molecular weight excluding hydrogens is 374 g/mol. The maximum atomic E-state index is 11.5. The lowest BCUT2D eigenvalue weighted by Crippen LogP contribution is -2.23. The number of carbonyl (C=O) groups excluding carboxylic acids is 1. The zero-order chi connectivity index (χ0) is 19.8. The van der Waals surface area contributed by atoms with Gasteiger partial charge in [-0.15, -0.1) is 5.10 Å². The summed E-state index contributed by atoms with van der Waals surface area (Å²) in [4.78, 5) is 15.8. The normalized spacial score (nSPS) is 11.4. The van der Waals surface area contributed by atoms with Crippen LogP contribution in [0, 0.1) is 0 Å². The Kier molecular flexibility index (Phi) is 6.86. The first kappa shape index (κ1) is 19.7. The van der Waals surface area contributed by atoms with Crippen molar-refractivity contribution in [2.24, 2.45) is 0 Å². The van der Waals surface area contributed by atoms with Crippen molar-refractivity contribution >= 4 is 23.8 Å². The summed E-state index contributed by atoms with van der Waals surface area (Å²) in [5.74, 6) is 0.181. The van der Waals surface area contributed by atoms with Gasteiger partial charge in [-0.2, -0.15) is 0 Å². The van der Waals surface area contributed by atoms with Crippen LogP contribution >= 0.6 is 11.8 Å². The van der Waals surface area contributed by atoms with Gasteiger partial charge in [-0.05, 0) is 47.5 Å². The van der Waals surface area contributed by atoms with Crippen molar-refractivity contribution in [3.05, 3.63) is 76.5 Å². The summed E-state index contributed by atoms with van der Waals surface area (Å²) in [6.45, 7) is 2.51. The number of aliphatic carboxylic acids is 1. The SMILES string of the molecule is CCCc1nc(S/C(=C\c2ccc(OCc3ccccc3)cc2)C(=O)[O-])n[nH]1. The largest absolute Gasteiger partial charge is 0.544 e. The van der Waals surface area contributed by atoms with E-state index in [0.717, 1.165) is 41.6 Å². The van der Waals surface area contributed by atoms with Crippen molar-refractivity contribution in [2.75, 3.05) is 0 Å². The number of ether oxygens (including phenoxy) is 1. The molecule has 2 aromatic carbocycles. The van der Waals surface area contributed by atoms with E-state index in [1.54, 1.807) is 24.3 Å². The van der Waals surface area contributed by atoms with E-state index < -0.39 is 5.97 Å². The Morgan fingerprint density at radius 3 is 2.61 bits per heavy atom. The molecule has 0 bridgehead atoms. The number of H-pyrrole nitrogens is 1. The Hall–Kier alpha value is -3.06. The van der Waals surface area contributed by atoms with Crippen LogP contribution in [0.1, 0.15) is 30.3 Å². The van der Waals surface area contributed by atoms with Gasteiger partial charge in [-0.3, -0.25) is 5.10 Å². The molecule has 0 saturated carbocycles. The zero-order valence-corrected chi connectivity index (χ0v) is 16.2. The molecule has 0 spiro atoms. The fourth-order valence-electron chi connectivity index (χ4n) is 2.45.